The number of benzene rings is 3. The largest absolute Gasteiger partial charge is 0.476 e. The molecule has 1 aromatic heterocycles. The van der Waals surface area contributed by atoms with Crippen LogP contribution >= 0.6 is 34.8 Å². The molecule has 4 rings (SSSR count). The summed E-state index contributed by atoms with van der Waals surface area (Å²) < 4.78 is 50.4. The van der Waals surface area contributed by atoms with Gasteiger partial charge in [-0.15, -0.1) is 0 Å². The van der Waals surface area contributed by atoms with Gasteiger partial charge in [-0.3, -0.25) is 9.59 Å². The van der Waals surface area contributed by atoms with Gasteiger partial charge in [0, 0.05) is 10.6 Å². The summed E-state index contributed by atoms with van der Waals surface area (Å²) in [6.07, 6.45) is -4.63. The zero-order chi connectivity index (χ0) is 25.3. The molecule has 0 aliphatic heterocycles. The van der Waals surface area contributed by atoms with E-state index >= 15 is 0 Å². The molecule has 0 saturated carbocycles. The fourth-order valence-electron chi connectivity index (χ4n) is 3.24. The van der Waals surface area contributed by atoms with E-state index in [4.69, 9.17) is 44.0 Å². The predicted octanol–water partition coefficient (Wildman–Crippen LogP) is 7.46. The highest BCUT2D eigenvalue weighted by Crippen LogP contribution is 2.36. The van der Waals surface area contributed by atoms with Gasteiger partial charge in [0.1, 0.15) is 0 Å². The standard InChI is InChI=1S/C24H13Cl3F3NO4/c25-14-9-15-20(33)23(21(12-4-2-1-3-5-12)35-22(15)17(27)10-14)34-11-19(32)31-18-8-13(24(28,29)30)6-7-16(18)26/h1-10H,11H2,(H,31,32). The van der Waals surface area contributed by atoms with E-state index in [0.29, 0.717) is 11.6 Å². The maximum absolute atomic E-state index is 13.2. The van der Waals surface area contributed by atoms with Crippen molar-refractivity contribution >= 4 is 57.4 Å². The predicted molar refractivity (Wildman–Crippen MR) is 129 cm³/mol. The summed E-state index contributed by atoms with van der Waals surface area (Å²) in [5.74, 6) is -1.14. The molecular weight excluding hydrogens is 530 g/mol. The third-order valence-electron chi connectivity index (χ3n) is 4.82. The number of ether oxygens (including phenoxy) is 1. The lowest BCUT2D eigenvalue weighted by Gasteiger charge is -2.14. The lowest BCUT2D eigenvalue weighted by atomic mass is 10.1. The third-order valence-corrected chi connectivity index (χ3v) is 5.65. The maximum Gasteiger partial charge on any atom is 0.416 e. The average molecular weight is 543 g/mol. The molecule has 0 saturated heterocycles. The number of anilines is 1. The topological polar surface area (TPSA) is 68.5 Å². The molecular formula is C24H13Cl3F3NO4. The molecule has 0 fully saturated rings. The van der Waals surface area contributed by atoms with Gasteiger partial charge in [-0.1, -0.05) is 65.1 Å². The van der Waals surface area contributed by atoms with E-state index in [1.807, 2.05) is 0 Å². The third kappa shape index (κ3) is 5.40. The van der Waals surface area contributed by atoms with Gasteiger partial charge < -0.3 is 14.5 Å². The molecule has 5 nitrogen and oxygen atoms in total. The zero-order valence-corrected chi connectivity index (χ0v) is 19.6. The number of fused-ring (bicyclic) bond motifs is 1. The summed E-state index contributed by atoms with van der Waals surface area (Å²) in [7, 11) is 0. The zero-order valence-electron chi connectivity index (χ0n) is 17.4. The van der Waals surface area contributed by atoms with Crippen LogP contribution in [0.1, 0.15) is 5.56 Å². The van der Waals surface area contributed by atoms with Crippen molar-refractivity contribution in [3.05, 3.63) is 91.5 Å². The number of hydrogen-bond acceptors (Lipinski definition) is 4. The Morgan fingerprint density at radius 3 is 2.37 bits per heavy atom. The van der Waals surface area contributed by atoms with Gasteiger partial charge in [0.2, 0.25) is 11.2 Å². The second-order valence-corrected chi connectivity index (χ2v) is 8.50. The molecule has 35 heavy (non-hydrogen) atoms. The fraction of sp³-hybridized carbons (Fsp3) is 0.0833. The number of halogens is 6. The molecule has 0 spiro atoms. The van der Waals surface area contributed by atoms with Crippen molar-refractivity contribution in [3.63, 3.8) is 0 Å². The molecule has 0 aliphatic rings. The van der Waals surface area contributed by atoms with Crippen molar-refractivity contribution in [2.24, 2.45) is 0 Å². The van der Waals surface area contributed by atoms with Gasteiger partial charge in [0.05, 0.1) is 26.7 Å². The van der Waals surface area contributed by atoms with Crippen LogP contribution in [0.2, 0.25) is 15.1 Å². The Hall–Kier alpha value is -3.20. The normalized spacial score (nSPS) is 11.5. The summed E-state index contributed by atoms with van der Waals surface area (Å²) in [5, 5.41) is 2.46. The Bertz CT molecular complexity index is 1490. The Labute approximate surface area is 211 Å². The highest BCUT2D eigenvalue weighted by atomic mass is 35.5. The first-order valence-electron chi connectivity index (χ1n) is 9.85. The Morgan fingerprint density at radius 2 is 1.69 bits per heavy atom. The smallest absolute Gasteiger partial charge is 0.416 e. The molecule has 11 heteroatoms. The first-order valence-corrected chi connectivity index (χ1v) is 11.0. The highest BCUT2D eigenvalue weighted by molar-refractivity contribution is 6.38. The average Bonchev–Trinajstić information content (AvgIpc) is 2.80. The summed E-state index contributed by atoms with van der Waals surface area (Å²) in [6.45, 7) is -0.725. The first kappa shape index (κ1) is 24.9. The van der Waals surface area contributed by atoms with Crippen LogP contribution in [-0.2, 0) is 11.0 Å². The first-order chi connectivity index (χ1) is 16.5. The fourth-order valence-corrected chi connectivity index (χ4v) is 3.94. The Morgan fingerprint density at radius 1 is 0.971 bits per heavy atom. The lowest BCUT2D eigenvalue weighted by molar-refractivity contribution is -0.137. The van der Waals surface area contributed by atoms with Crippen LogP contribution in [0, 0.1) is 0 Å². The van der Waals surface area contributed by atoms with Crippen molar-refractivity contribution < 1.29 is 27.1 Å². The quantitative estimate of drug-likeness (QED) is 0.284. The highest BCUT2D eigenvalue weighted by Gasteiger charge is 2.31. The summed E-state index contributed by atoms with van der Waals surface area (Å²) >= 11 is 18.1. The van der Waals surface area contributed by atoms with Crippen LogP contribution in [0.15, 0.2) is 69.9 Å². The number of carbonyl (C=O) groups excluding carboxylic acids is 1. The van der Waals surface area contributed by atoms with Crippen LogP contribution in [-0.4, -0.2) is 12.5 Å². The van der Waals surface area contributed by atoms with E-state index in [1.54, 1.807) is 30.3 Å². The van der Waals surface area contributed by atoms with Crippen molar-refractivity contribution in [2.75, 3.05) is 11.9 Å². The number of rotatable bonds is 5. The second kappa shape index (κ2) is 9.81. The summed E-state index contributed by atoms with van der Waals surface area (Å²) in [6, 6.07) is 13.7. The minimum Gasteiger partial charge on any atom is -0.476 e. The SMILES string of the molecule is O=C(COc1c(-c2ccccc2)oc2c(Cl)cc(Cl)cc2c1=O)Nc1cc(C(F)(F)F)ccc1Cl. The monoisotopic (exact) mass is 541 g/mol. The van der Waals surface area contributed by atoms with E-state index in [-0.39, 0.29) is 43.2 Å². The molecule has 1 N–H and O–H groups in total. The van der Waals surface area contributed by atoms with Crippen LogP contribution in [0.4, 0.5) is 18.9 Å². The van der Waals surface area contributed by atoms with Crippen molar-refractivity contribution in [1.29, 1.82) is 0 Å². The molecule has 0 bridgehead atoms. The van der Waals surface area contributed by atoms with E-state index in [2.05, 4.69) is 5.32 Å². The molecule has 0 atom stereocenters. The van der Waals surface area contributed by atoms with Gasteiger partial charge in [-0.05, 0) is 30.3 Å². The molecule has 1 heterocycles. The van der Waals surface area contributed by atoms with Crippen molar-refractivity contribution in [1.82, 2.24) is 0 Å². The Kier molecular flexibility index (Phi) is 6.98. The maximum atomic E-state index is 13.2. The van der Waals surface area contributed by atoms with Crippen LogP contribution in [0.3, 0.4) is 0 Å². The number of alkyl halides is 3. The summed E-state index contributed by atoms with van der Waals surface area (Å²) in [5.41, 5.74) is -1.35. The van der Waals surface area contributed by atoms with E-state index in [9.17, 15) is 22.8 Å². The minimum absolute atomic E-state index is 0.0113. The summed E-state index contributed by atoms with van der Waals surface area (Å²) in [4.78, 5) is 25.7. The van der Waals surface area contributed by atoms with Crippen molar-refractivity contribution in [3.8, 4) is 17.1 Å². The second-order valence-electron chi connectivity index (χ2n) is 7.25. The van der Waals surface area contributed by atoms with Gasteiger partial charge >= 0.3 is 6.18 Å². The van der Waals surface area contributed by atoms with Gasteiger partial charge in [-0.2, -0.15) is 13.2 Å². The minimum atomic E-state index is -4.63. The molecule has 1 amide bonds. The Balaban J connectivity index is 1.68. The van der Waals surface area contributed by atoms with Crippen LogP contribution in [0.5, 0.6) is 5.75 Å². The molecule has 3 aromatic carbocycles. The number of amides is 1. The van der Waals surface area contributed by atoms with E-state index in [1.165, 1.54) is 12.1 Å². The van der Waals surface area contributed by atoms with Gasteiger partial charge in [0.25, 0.3) is 5.91 Å². The lowest BCUT2D eigenvalue weighted by Crippen LogP contribution is -2.23. The number of carbonyl (C=O) groups is 1. The van der Waals surface area contributed by atoms with E-state index in [0.717, 1.165) is 12.1 Å². The van der Waals surface area contributed by atoms with Gasteiger partial charge in [-0.25, -0.2) is 0 Å². The number of nitrogens with one attached hydrogen (secondary N) is 1. The van der Waals surface area contributed by atoms with E-state index < -0.39 is 29.7 Å². The molecule has 4 aromatic rings. The number of hydrogen-bond donors (Lipinski definition) is 1. The van der Waals surface area contributed by atoms with Crippen molar-refractivity contribution in [2.45, 2.75) is 6.18 Å². The molecule has 0 radical (unpaired) electrons. The van der Waals surface area contributed by atoms with Gasteiger partial charge in [0.15, 0.2) is 18.0 Å². The molecule has 180 valence electrons. The van der Waals surface area contributed by atoms with Crippen LogP contribution < -0.4 is 15.5 Å². The molecule has 0 unspecified atom stereocenters. The molecule has 0 aliphatic carbocycles. The van der Waals surface area contributed by atoms with Crippen LogP contribution in [0.25, 0.3) is 22.3 Å².